The number of carbonyl (C=O) groups is 1. The first-order valence-electron chi connectivity index (χ1n) is 4.74. The summed E-state index contributed by atoms with van der Waals surface area (Å²) < 4.78 is 1.74. The third-order valence-electron chi connectivity index (χ3n) is 2.10. The van der Waals surface area contributed by atoms with Gasteiger partial charge in [-0.15, -0.1) is 11.3 Å². The number of hydrogen-bond donors (Lipinski definition) is 1. The molecule has 0 aliphatic carbocycles. The summed E-state index contributed by atoms with van der Waals surface area (Å²) in [7, 11) is 0. The third-order valence-corrected chi connectivity index (χ3v) is 2.97. The van der Waals surface area contributed by atoms with E-state index in [1.165, 1.54) is 11.3 Å². The summed E-state index contributed by atoms with van der Waals surface area (Å²) in [4.78, 5) is 15.6. The molecule has 0 fully saturated rings. The molecule has 5 nitrogen and oxygen atoms in total. The van der Waals surface area contributed by atoms with Crippen molar-refractivity contribution < 1.29 is 9.90 Å². The Morgan fingerprint density at radius 2 is 2.47 bits per heavy atom. The van der Waals surface area contributed by atoms with Crippen molar-refractivity contribution in [2.24, 2.45) is 0 Å². The minimum absolute atomic E-state index is 0.132. The van der Waals surface area contributed by atoms with Crippen LogP contribution in [0.5, 0.6) is 0 Å². The number of carboxylic acids is 1. The maximum absolute atomic E-state index is 10.5. The van der Waals surface area contributed by atoms with Gasteiger partial charge in [0, 0.05) is 18.2 Å². The van der Waals surface area contributed by atoms with Gasteiger partial charge in [0.2, 0.25) is 4.96 Å². The Morgan fingerprint density at radius 3 is 3.13 bits per heavy atom. The van der Waals surface area contributed by atoms with Crippen molar-refractivity contribution in [3.8, 4) is 0 Å². The van der Waals surface area contributed by atoms with E-state index in [-0.39, 0.29) is 6.42 Å². The molecule has 80 valence electrons. The van der Waals surface area contributed by atoms with Crippen molar-refractivity contribution in [1.82, 2.24) is 14.6 Å². The lowest BCUT2D eigenvalue weighted by molar-refractivity contribution is -0.136. The Morgan fingerprint density at radius 1 is 1.67 bits per heavy atom. The van der Waals surface area contributed by atoms with Gasteiger partial charge in [-0.1, -0.05) is 6.92 Å². The fourth-order valence-corrected chi connectivity index (χ4v) is 2.20. The van der Waals surface area contributed by atoms with Crippen LogP contribution in [0.4, 0.5) is 0 Å². The van der Waals surface area contributed by atoms with Gasteiger partial charge in [0.05, 0.1) is 12.1 Å². The molecular formula is C9H11N3O2S. The lowest BCUT2D eigenvalue weighted by Crippen LogP contribution is -2.00. The number of hydrogen-bond acceptors (Lipinski definition) is 4. The fraction of sp³-hybridized carbons (Fsp3) is 0.444. The average Bonchev–Trinajstić information content (AvgIpc) is 2.73. The Hall–Kier alpha value is -1.43. The number of thiazole rings is 1. The van der Waals surface area contributed by atoms with Crippen LogP contribution in [0.2, 0.25) is 0 Å². The van der Waals surface area contributed by atoms with Crippen LogP contribution in [-0.4, -0.2) is 25.7 Å². The van der Waals surface area contributed by atoms with Gasteiger partial charge < -0.3 is 5.11 Å². The first kappa shape index (κ1) is 10.1. The van der Waals surface area contributed by atoms with E-state index in [1.54, 1.807) is 4.52 Å². The first-order chi connectivity index (χ1) is 7.20. The molecule has 0 radical (unpaired) electrons. The highest BCUT2D eigenvalue weighted by molar-refractivity contribution is 7.15. The summed E-state index contributed by atoms with van der Waals surface area (Å²) in [5.74, 6) is 0.0172. The zero-order valence-electron chi connectivity index (χ0n) is 8.30. The standard InChI is InChI=1S/C9H11N3O2S/c1-2-7-10-9-12(11-7)6(5-15-9)3-4-8(13)14/h5H,2-4H2,1H3,(H,13,14). The molecule has 6 heteroatoms. The van der Waals surface area contributed by atoms with Crippen LogP contribution in [0.1, 0.15) is 24.9 Å². The van der Waals surface area contributed by atoms with Crippen LogP contribution in [0, 0.1) is 0 Å². The SMILES string of the molecule is CCc1nc2scc(CCC(=O)O)n2n1. The normalized spacial score (nSPS) is 11.0. The lowest BCUT2D eigenvalue weighted by Gasteiger charge is -1.94. The van der Waals surface area contributed by atoms with E-state index < -0.39 is 5.97 Å². The van der Waals surface area contributed by atoms with Crippen LogP contribution in [-0.2, 0) is 17.6 Å². The van der Waals surface area contributed by atoms with Gasteiger partial charge in [-0.25, -0.2) is 9.50 Å². The molecule has 2 aromatic heterocycles. The lowest BCUT2D eigenvalue weighted by atomic mass is 10.2. The molecule has 0 unspecified atom stereocenters. The molecular weight excluding hydrogens is 214 g/mol. The van der Waals surface area contributed by atoms with E-state index in [9.17, 15) is 4.79 Å². The van der Waals surface area contributed by atoms with Crippen LogP contribution >= 0.6 is 11.3 Å². The second-order valence-corrected chi connectivity index (χ2v) is 4.03. The van der Waals surface area contributed by atoms with Crippen molar-refractivity contribution in [3.63, 3.8) is 0 Å². The summed E-state index contributed by atoms with van der Waals surface area (Å²) >= 11 is 1.50. The third kappa shape index (κ3) is 1.99. The number of fused-ring (bicyclic) bond motifs is 1. The molecule has 0 saturated carbocycles. The van der Waals surface area contributed by atoms with Gasteiger partial charge in [-0.3, -0.25) is 4.79 Å². The van der Waals surface area contributed by atoms with E-state index in [1.807, 2.05) is 12.3 Å². The Balaban J connectivity index is 2.26. The van der Waals surface area contributed by atoms with Crippen molar-refractivity contribution in [3.05, 3.63) is 16.9 Å². The number of carboxylic acid groups (broad SMARTS) is 1. The number of aryl methyl sites for hydroxylation is 2. The molecule has 2 aromatic rings. The van der Waals surface area contributed by atoms with Gasteiger partial charge in [0.15, 0.2) is 5.82 Å². The van der Waals surface area contributed by atoms with E-state index >= 15 is 0 Å². The zero-order valence-corrected chi connectivity index (χ0v) is 9.12. The Kier molecular flexibility index (Phi) is 2.68. The number of nitrogens with zero attached hydrogens (tertiary/aromatic N) is 3. The highest BCUT2D eigenvalue weighted by Crippen LogP contribution is 2.15. The predicted molar refractivity (Wildman–Crippen MR) is 56.2 cm³/mol. The minimum atomic E-state index is -0.787. The van der Waals surface area contributed by atoms with E-state index in [0.29, 0.717) is 6.42 Å². The summed E-state index contributed by atoms with van der Waals surface area (Å²) in [6, 6.07) is 0. The summed E-state index contributed by atoms with van der Waals surface area (Å²) in [6.45, 7) is 2.00. The maximum atomic E-state index is 10.5. The summed E-state index contributed by atoms with van der Waals surface area (Å²) in [5, 5.41) is 14.8. The second kappa shape index (κ2) is 3.98. The number of aliphatic carboxylic acids is 1. The van der Waals surface area contributed by atoms with Crippen LogP contribution in [0.15, 0.2) is 5.38 Å². The molecule has 15 heavy (non-hydrogen) atoms. The predicted octanol–water partition coefficient (Wildman–Crippen LogP) is 1.37. The molecule has 0 aromatic carbocycles. The van der Waals surface area contributed by atoms with Gasteiger partial charge >= 0.3 is 5.97 Å². The number of rotatable bonds is 4. The average molecular weight is 225 g/mol. The Bertz CT molecular complexity index is 488. The van der Waals surface area contributed by atoms with Crippen LogP contribution < -0.4 is 0 Å². The second-order valence-electron chi connectivity index (χ2n) is 3.20. The molecule has 0 amide bonds. The van der Waals surface area contributed by atoms with Gasteiger partial charge in [-0.2, -0.15) is 5.10 Å². The van der Waals surface area contributed by atoms with Gasteiger partial charge in [-0.05, 0) is 0 Å². The summed E-state index contributed by atoms with van der Waals surface area (Å²) in [5.41, 5.74) is 0.921. The van der Waals surface area contributed by atoms with E-state index in [0.717, 1.165) is 22.9 Å². The molecule has 2 heterocycles. The van der Waals surface area contributed by atoms with Gasteiger partial charge in [0.1, 0.15) is 0 Å². The van der Waals surface area contributed by atoms with Crippen molar-refractivity contribution in [2.75, 3.05) is 0 Å². The molecule has 1 N–H and O–H groups in total. The smallest absolute Gasteiger partial charge is 0.303 e. The van der Waals surface area contributed by atoms with E-state index in [2.05, 4.69) is 10.1 Å². The largest absolute Gasteiger partial charge is 0.481 e. The number of aromatic nitrogens is 3. The zero-order chi connectivity index (χ0) is 10.8. The molecule has 0 atom stereocenters. The molecule has 2 rings (SSSR count). The van der Waals surface area contributed by atoms with Crippen LogP contribution in [0.3, 0.4) is 0 Å². The van der Waals surface area contributed by atoms with E-state index in [4.69, 9.17) is 5.11 Å². The van der Waals surface area contributed by atoms with Crippen molar-refractivity contribution in [1.29, 1.82) is 0 Å². The van der Waals surface area contributed by atoms with Crippen molar-refractivity contribution >= 4 is 22.3 Å². The fourth-order valence-electron chi connectivity index (χ4n) is 1.32. The monoisotopic (exact) mass is 225 g/mol. The first-order valence-corrected chi connectivity index (χ1v) is 5.62. The minimum Gasteiger partial charge on any atom is -0.481 e. The van der Waals surface area contributed by atoms with Crippen molar-refractivity contribution in [2.45, 2.75) is 26.2 Å². The highest BCUT2D eigenvalue weighted by atomic mass is 32.1. The molecule has 0 aliphatic heterocycles. The molecule has 0 aliphatic rings. The van der Waals surface area contributed by atoms with Gasteiger partial charge in [0.25, 0.3) is 0 Å². The molecule has 0 saturated heterocycles. The van der Waals surface area contributed by atoms with Crippen LogP contribution in [0.25, 0.3) is 4.96 Å². The Labute approximate surface area is 90.4 Å². The molecule has 0 spiro atoms. The maximum Gasteiger partial charge on any atom is 0.303 e. The topological polar surface area (TPSA) is 67.5 Å². The summed E-state index contributed by atoms with van der Waals surface area (Å²) in [6.07, 6.45) is 1.43. The quantitative estimate of drug-likeness (QED) is 0.853. The highest BCUT2D eigenvalue weighted by Gasteiger charge is 2.09. The molecule has 0 bridgehead atoms.